The fourth-order valence-corrected chi connectivity index (χ4v) is 5.23. The summed E-state index contributed by atoms with van der Waals surface area (Å²) in [6.45, 7) is 4.61. The fraction of sp³-hybridized carbons (Fsp3) is 0.609. The van der Waals surface area contributed by atoms with Crippen LogP contribution in [-0.2, 0) is 20.9 Å². The van der Waals surface area contributed by atoms with E-state index in [1.54, 1.807) is 11.8 Å². The average Bonchev–Trinajstić information content (AvgIpc) is 3.44. The number of aliphatic hydroxyl groups excluding tert-OH is 1. The van der Waals surface area contributed by atoms with Gasteiger partial charge in [-0.1, -0.05) is 30.3 Å². The van der Waals surface area contributed by atoms with Crippen LogP contribution in [0.2, 0.25) is 0 Å². The van der Waals surface area contributed by atoms with Crippen molar-refractivity contribution in [3.05, 3.63) is 35.9 Å². The molecule has 31 heavy (non-hydrogen) atoms. The van der Waals surface area contributed by atoms with Crippen LogP contribution in [0, 0.1) is 0 Å². The number of aliphatic hydroxyl groups is 1. The number of hydrogen-bond acceptors (Lipinski definition) is 5. The van der Waals surface area contributed by atoms with E-state index in [1.807, 2.05) is 40.1 Å². The van der Waals surface area contributed by atoms with Gasteiger partial charge < -0.3 is 20.2 Å². The van der Waals surface area contributed by atoms with Crippen LogP contribution in [-0.4, -0.2) is 87.9 Å². The number of carbonyl (C=O) groups is 3. The van der Waals surface area contributed by atoms with Crippen LogP contribution in [0.1, 0.15) is 38.2 Å². The highest BCUT2D eigenvalue weighted by atomic mass is 16.3. The molecule has 1 spiro atoms. The summed E-state index contributed by atoms with van der Waals surface area (Å²) in [4.78, 5) is 43.9. The van der Waals surface area contributed by atoms with Gasteiger partial charge in [-0.3, -0.25) is 19.3 Å². The molecule has 3 heterocycles. The molecule has 3 fully saturated rings. The van der Waals surface area contributed by atoms with E-state index in [1.165, 1.54) is 0 Å². The third kappa shape index (κ3) is 4.19. The van der Waals surface area contributed by atoms with Crippen molar-refractivity contribution in [3.8, 4) is 0 Å². The topological polar surface area (TPSA) is 93.2 Å². The molecule has 0 aliphatic carbocycles. The van der Waals surface area contributed by atoms with Gasteiger partial charge in [0.15, 0.2) is 0 Å². The minimum absolute atomic E-state index is 0.00192. The van der Waals surface area contributed by atoms with E-state index in [-0.39, 0.29) is 24.3 Å². The van der Waals surface area contributed by atoms with Crippen molar-refractivity contribution in [1.29, 1.82) is 0 Å². The van der Waals surface area contributed by atoms with Crippen LogP contribution in [0.4, 0.5) is 0 Å². The van der Waals surface area contributed by atoms with Crippen LogP contribution >= 0.6 is 0 Å². The van der Waals surface area contributed by atoms with Gasteiger partial charge in [-0.05, 0) is 38.2 Å². The number of β-lactam (4-membered cyclic amide) rings is 1. The Labute approximate surface area is 183 Å². The highest BCUT2D eigenvalue weighted by Crippen LogP contribution is 2.40. The van der Waals surface area contributed by atoms with E-state index >= 15 is 0 Å². The number of nitrogens with zero attached hydrogens (tertiary/aromatic N) is 3. The first-order chi connectivity index (χ1) is 14.9. The Balaban J connectivity index is 1.41. The molecule has 1 aromatic carbocycles. The second-order valence-corrected chi connectivity index (χ2v) is 8.97. The molecule has 0 bridgehead atoms. The third-order valence-corrected chi connectivity index (χ3v) is 6.83. The molecule has 3 aliphatic heterocycles. The summed E-state index contributed by atoms with van der Waals surface area (Å²) in [5, 5.41) is 13.4. The zero-order chi connectivity index (χ0) is 22.0. The Morgan fingerprint density at radius 3 is 2.48 bits per heavy atom. The lowest BCUT2D eigenvalue weighted by Crippen LogP contribution is -2.76. The molecule has 168 valence electrons. The average molecular weight is 429 g/mol. The van der Waals surface area contributed by atoms with E-state index in [0.717, 1.165) is 37.9 Å². The first-order valence-corrected chi connectivity index (χ1v) is 11.3. The number of hydrogen-bond donors (Lipinski definition) is 2. The smallest absolute Gasteiger partial charge is 0.245 e. The van der Waals surface area contributed by atoms with Crippen molar-refractivity contribution >= 4 is 17.7 Å². The highest BCUT2D eigenvalue weighted by molar-refractivity contribution is 5.97. The molecule has 0 saturated carbocycles. The summed E-state index contributed by atoms with van der Waals surface area (Å²) >= 11 is 0. The molecule has 3 amide bonds. The fourth-order valence-electron chi connectivity index (χ4n) is 5.23. The largest absolute Gasteiger partial charge is 0.391 e. The maximum absolute atomic E-state index is 13.2. The molecular formula is C23H32N4O4. The molecule has 2 N–H and O–H groups in total. The van der Waals surface area contributed by atoms with Crippen molar-refractivity contribution in [3.63, 3.8) is 0 Å². The Kier molecular flexibility index (Phi) is 6.29. The zero-order valence-electron chi connectivity index (χ0n) is 18.1. The summed E-state index contributed by atoms with van der Waals surface area (Å²) in [6.07, 6.45) is 2.56. The van der Waals surface area contributed by atoms with Crippen LogP contribution in [0.15, 0.2) is 30.3 Å². The monoisotopic (exact) mass is 428 g/mol. The summed E-state index contributed by atoms with van der Waals surface area (Å²) in [6, 6.07) is 8.80. The second-order valence-electron chi connectivity index (χ2n) is 8.97. The molecule has 2 unspecified atom stereocenters. The molecular weight excluding hydrogens is 396 g/mol. The molecule has 0 radical (unpaired) electrons. The molecule has 1 aromatic rings. The third-order valence-electron chi connectivity index (χ3n) is 6.83. The van der Waals surface area contributed by atoms with Gasteiger partial charge in [0.25, 0.3) is 0 Å². The first-order valence-electron chi connectivity index (χ1n) is 11.3. The van der Waals surface area contributed by atoms with Gasteiger partial charge in [-0.2, -0.15) is 0 Å². The van der Waals surface area contributed by atoms with Crippen molar-refractivity contribution in [2.24, 2.45) is 0 Å². The van der Waals surface area contributed by atoms with Crippen LogP contribution in [0.3, 0.4) is 0 Å². The minimum Gasteiger partial charge on any atom is -0.391 e. The van der Waals surface area contributed by atoms with Crippen molar-refractivity contribution < 1.29 is 19.5 Å². The van der Waals surface area contributed by atoms with E-state index in [9.17, 15) is 19.5 Å². The summed E-state index contributed by atoms with van der Waals surface area (Å²) in [5.41, 5.74) is 0.194. The Bertz CT molecular complexity index is 824. The summed E-state index contributed by atoms with van der Waals surface area (Å²) < 4.78 is 0. The molecule has 3 aliphatic rings. The lowest BCUT2D eigenvalue weighted by atomic mass is 9.84. The number of amides is 3. The van der Waals surface area contributed by atoms with Gasteiger partial charge >= 0.3 is 0 Å². The van der Waals surface area contributed by atoms with E-state index in [4.69, 9.17) is 0 Å². The number of carbonyl (C=O) groups excluding carboxylic acids is 3. The quantitative estimate of drug-likeness (QED) is 0.612. The van der Waals surface area contributed by atoms with Crippen molar-refractivity contribution in [2.75, 3.05) is 32.7 Å². The van der Waals surface area contributed by atoms with E-state index in [2.05, 4.69) is 5.32 Å². The normalized spacial score (nSPS) is 25.5. The summed E-state index contributed by atoms with van der Waals surface area (Å²) in [5.74, 6) is -0.378. The van der Waals surface area contributed by atoms with Crippen LogP contribution in [0.5, 0.6) is 0 Å². The number of likely N-dealkylation sites (tertiary alicyclic amines) is 3. The van der Waals surface area contributed by atoms with Gasteiger partial charge in [0.05, 0.1) is 12.6 Å². The molecule has 4 rings (SSSR count). The molecule has 8 nitrogen and oxygen atoms in total. The second kappa shape index (κ2) is 8.96. The SMILES string of the molecule is C[C@H](O)C(C(=O)NCc1ccccc1)N1CCCC12CN(CC(=O)N1CCCC1)C2=O. The molecule has 8 heteroatoms. The number of benzene rings is 1. The predicted molar refractivity (Wildman–Crippen MR) is 115 cm³/mol. The lowest BCUT2D eigenvalue weighted by Gasteiger charge is -2.53. The van der Waals surface area contributed by atoms with Gasteiger partial charge in [0.2, 0.25) is 17.7 Å². The van der Waals surface area contributed by atoms with E-state index in [0.29, 0.717) is 26.1 Å². The molecule has 0 aromatic heterocycles. The first kappa shape index (κ1) is 21.8. The van der Waals surface area contributed by atoms with E-state index < -0.39 is 17.7 Å². The zero-order valence-corrected chi connectivity index (χ0v) is 18.1. The summed E-state index contributed by atoms with van der Waals surface area (Å²) in [7, 11) is 0. The molecule has 3 saturated heterocycles. The van der Waals surface area contributed by atoms with Gasteiger partial charge in [-0.25, -0.2) is 0 Å². The number of nitrogens with one attached hydrogen (secondary N) is 1. The van der Waals surface area contributed by atoms with Gasteiger partial charge in [0, 0.05) is 32.7 Å². The van der Waals surface area contributed by atoms with Crippen molar-refractivity contribution in [2.45, 2.75) is 56.8 Å². The number of rotatable bonds is 7. The Morgan fingerprint density at radius 1 is 1.13 bits per heavy atom. The van der Waals surface area contributed by atoms with Crippen LogP contribution < -0.4 is 5.32 Å². The minimum atomic E-state index is -0.918. The highest BCUT2D eigenvalue weighted by Gasteiger charge is 2.61. The standard InChI is InChI=1S/C23H32N4O4/c1-17(28)20(21(30)24-14-18-8-3-2-4-9-18)27-13-7-10-23(27)16-26(22(23)31)15-19(29)25-11-5-6-12-25/h2-4,8-9,17,20,28H,5-7,10-16H2,1H3,(H,24,30)/t17-,20?,23?/m0/s1. The van der Waals surface area contributed by atoms with Gasteiger partial charge in [0.1, 0.15) is 11.6 Å². The van der Waals surface area contributed by atoms with Gasteiger partial charge in [-0.15, -0.1) is 0 Å². The predicted octanol–water partition coefficient (Wildman–Crippen LogP) is 0.351. The Hall–Kier alpha value is -2.45. The lowest BCUT2D eigenvalue weighted by molar-refractivity contribution is -0.170. The Morgan fingerprint density at radius 2 is 1.84 bits per heavy atom. The molecule has 3 atom stereocenters. The maximum Gasteiger partial charge on any atom is 0.245 e. The van der Waals surface area contributed by atoms with Crippen LogP contribution in [0.25, 0.3) is 0 Å². The maximum atomic E-state index is 13.2. The van der Waals surface area contributed by atoms with Crippen molar-refractivity contribution in [1.82, 2.24) is 20.0 Å².